The van der Waals surface area contributed by atoms with E-state index >= 15 is 0 Å². The number of nitrogens with zero attached hydrogens (tertiary/aromatic N) is 2. The number of aromatic nitrogens is 2. The normalized spacial score (nSPS) is 12.9. The minimum atomic E-state index is -0.214. The van der Waals surface area contributed by atoms with E-state index in [9.17, 15) is 5.11 Å². The summed E-state index contributed by atoms with van der Waals surface area (Å²) in [7, 11) is 1.61. The van der Waals surface area contributed by atoms with Crippen LogP contribution in [-0.2, 0) is 4.74 Å². The molecule has 0 aliphatic carbocycles. The van der Waals surface area contributed by atoms with Gasteiger partial charge in [0, 0.05) is 7.11 Å². The van der Waals surface area contributed by atoms with Crippen molar-refractivity contribution in [3.05, 3.63) is 30.1 Å². The number of aromatic hydroxyl groups is 1. The summed E-state index contributed by atoms with van der Waals surface area (Å²) in [5.74, 6) is 1.15. The number of benzene rings is 1. The molecule has 0 aliphatic heterocycles. The Hall–Kier alpha value is -1.88. The number of hydrogen-bond acceptors (Lipinski definition) is 5. The average Bonchev–Trinajstić information content (AvgIpc) is 2.79. The van der Waals surface area contributed by atoms with Gasteiger partial charge < -0.3 is 14.4 Å². The Labute approximate surface area is 105 Å². The van der Waals surface area contributed by atoms with Crippen LogP contribution in [0.5, 0.6) is 5.75 Å². The summed E-state index contributed by atoms with van der Waals surface area (Å²) in [6.45, 7) is 4.04. The Bertz CT molecular complexity index is 522. The van der Waals surface area contributed by atoms with Gasteiger partial charge in [0.1, 0.15) is 11.9 Å². The van der Waals surface area contributed by atoms with Crippen LogP contribution < -0.4 is 0 Å². The van der Waals surface area contributed by atoms with Gasteiger partial charge in [-0.05, 0) is 18.1 Å². The van der Waals surface area contributed by atoms with Crippen molar-refractivity contribution in [2.75, 3.05) is 7.11 Å². The van der Waals surface area contributed by atoms with Gasteiger partial charge in [-0.3, -0.25) is 0 Å². The fraction of sp³-hybridized carbons (Fsp3) is 0.385. The largest absolute Gasteiger partial charge is 0.507 e. The molecule has 0 bridgehead atoms. The minimum absolute atomic E-state index is 0.117. The van der Waals surface area contributed by atoms with Crippen LogP contribution in [0.15, 0.2) is 28.8 Å². The fourth-order valence-electron chi connectivity index (χ4n) is 1.79. The zero-order chi connectivity index (χ0) is 13.1. The van der Waals surface area contributed by atoms with E-state index in [2.05, 4.69) is 10.1 Å². The summed E-state index contributed by atoms with van der Waals surface area (Å²) >= 11 is 0. The lowest BCUT2D eigenvalue weighted by molar-refractivity contribution is 0.0556. The maximum absolute atomic E-state index is 9.72. The molecule has 0 saturated heterocycles. The topological polar surface area (TPSA) is 68.4 Å². The van der Waals surface area contributed by atoms with Crippen LogP contribution in [0.2, 0.25) is 0 Å². The van der Waals surface area contributed by atoms with E-state index in [-0.39, 0.29) is 17.8 Å². The molecule has 1 atom stereocenters. The van der Waals surface area contributed by atoms with Gasteiger partial charge in [0.15, 0.2) is 0 Å². The van der Waals surface area contributed by atoms with E-state index in [1.54, 1.807) is 31.4 Å². The van der Waals surface area contributed by atoms with Crippen molar-refractivity contribution in [1.82, 2.24) is 10.1 Å². The van der Waals surface area contributed by atoms with Crippen LogP contribution in [0, 0.1) is 5.92 Å². The van der Waals surface area contributed by atoms with E-state index in [1.165, 1.54) is 0 Å². The van der Waals surface area contributed by atoms with Crippen LogP contribution in [0.1, 0.15) is 25.8 Å². The molecule has 0 radical (unpaired) electrons. The Morgan fingerprint density at radius 1 is 1.28 bits per heavy atom. The number of ether oxygens (including phenoxy) is 1. The monoisotopic (exact) mass is 248 g/mol. The van der Waals surface area contributed by atoms with Gasteiger partial charge in [-0.1, -0.05) is 31.1 Å². The second kappa shape index (κ2) is 5.18. The van der Waals surface area contributed by atoms with Gasteiger partial charge in [-0.15, -0.1) is 0 Å². The van der Waals surface area contributed by atoms with Crippen LogP contribution >= 0.6 is 0 Å². The van der Waals surface area contributed by atoms with Crippen LogP contribution in [0.25, 0.3) is 11.5 Å². The van der Waals surface area contributed by atoms with Gasteiger partial charge in [0.25, 0.3) is 5.89 Å². The average molecular weight is 248 g/mol. The highest BCUT2D eigenvalue weighted by Gasteiger charge is 2.22. The molecule has 2 aromatic rings. The Kier molecular flexibility index (Phi) is 3.62. The molecule has 1 aromatic heterocycles. The lowest BCUT2D eigenvalue weighted by Gasteiger charge is -2.14. The SMILES string of the molecule is COC(c1noc(-c2ccccc2O)n1)C(C)C. The molecule has 1 unspecified atom stereocenters. The van der Waals surface area contributed by atoms with Gasteiger partial charge in [0.05, 0.1) is 5.56 Å². The second-order valence-electron chi connectivity index (χ2n) is 4.38. The summed E-state index contributed by atoms with van der Waals surface area (Å²) in [4.78, 5) is 4.27. The van der Waals surface area contributed by atoms with Crippen molar-refractivity contribution in [3.8, 4) is 17.2 Å². The van der Waals surface area contributed by atoms with Crippen LogP contribution in [0.3, 0.4) is 0 Å². The van der Waals surface area contributed by atoms with Crippen molar-refractivity contribution in [2.45, 2.75) is 20.0 Å². The highest BCUT2D eigenvalue weighted by atomic mass is 16.5. The van der Waals surface area contributed by atoms with Crippen molar-refractivity contribution >= 4 is 0 Å². The molecule has 96 valence electrons. The number of para-hydroxylation sites is 1. The molecule has 1 N–H and O–H groups in total. The van der Waals surface area contributed by atoms with E-state index in [1.807, 2.05) is 13.8 Å². The summed E-state index contributed by atoms with van der Waals surface area (Å²) < 4.78 is 10.5. The zero-order valence-corrected chi connectivity index (χ0v) is 10.6. The molecule has 5 heteroatoms. The van der Waals surface area contributed by atoms with Crippen molar-refractivity contribution < 1.29 is 14.4 Å². The Morgan fingerprint density at radius 2 is 2.00 bits per heavy atom. The Balaban J connectivity index is 2.34. The van der Waals surface area contributed by atoms with Crippen LogP contribution in [0.4, 0.5) is 0 Å². The predicted octanol–water partition coefficient (Wildman–Crippen LogP) is 2.79. The van der Waals surface area contributed by atoms with E-state index in [4.69, 9.17) is 9.26 Å². The first kappa shape index (κ1) is 12.6. The quantitative estimate of drug-likeness (QED) is 0.901. The molecular weight excluding hydrogens is 232 g/mol. The summed E-state index contributed by atoms with van der Waals surface area (Å²) in [6, 6.07) is 6.84. The van der Waals surface area contributed by atoms with Crippen molar-refractivity contribution in [3.63, 3.8) is 0 Å². The van der Waals surface area contributed by atoms with E-state index in [0.717, 1.165) is 0 Å². The third-order valence-electron chi connectivity index (χ3n) is 2.69. The number of hydrogen-bond donors (Lipinski definition) is 1. The maximum atomic E-state index is 9.72. The number of phenols is 1. The molecule has 0 amide bonds. The lowest BCUT2D eigenvalue weighted by Crippen LogP contribution is -2.10. The fourth-order valence-corrected chi connectivity index (χ4v) is 1.79. The van der Waals surface area contributed by atoms with Crippen molar-refractivity contribution in [1.29, 1.82) is 0 Å². The Morgan fingerprint density at radius 3 is 2.61 bits per heavy atom. The first-order chi connectivity index (χ1) is 8.63. The smallest absolute Gasteiger partial charge is 0.261 e. The van der Waals surface area contributed by atoms with Gasteiger partial charge in [-0.2, -0.15) is 4.98 Å². The predicted molar refractivity (Wildman–Crippen MR) is 66.0 cm³/mol. The summed E-state index contributed by atoms with van der Waals surface area (Å²) in [5.41, 5.74) is 0.523. The highest BCUT2D eigenvalue weighted by molar-refractivity contribution is 5.61. The molecular formula is C13H16N2O3. The number of phenolic OH excluding ortho intramolecular Hbond substituents is 1. The molecule has 0 spiro atoms. The summed E-state index contributed by atoms with van der Waals surface area (Å²) in [6.07, 6.45) is -0.214. The summed E-state index contributed by atoms with van der Waals surface area (Å²) in [5, 5.41) is 13.6. The number of rotatable bonds is 4. The van der Waals surface area contributed by atoms with Gasteiger partial charge >= 0.3 is 0 Å². The highest BCUT2D eigenvalue weighted by Crippen LogP contribution is 2.29. The van der Waals surface area contributed by atoms with E-state index < -0.39 is 0 Å². The molecule has 1 heterocycles. The molecule has 2 rings (SSSR count). The van der Waals surface area contributed by atoms with Gasteiger partial charge in [0.2, 0.25) is 5.82 Å². The molecule has 0 aliphatic rings. The third-order valence-corrected chi connectivity index (χ3v) is 2.69. The molecule has 0 fully saturated rings. The zero-order valence-electron chi connectivity index (χ0n) is 10.6. The van der Waals surface area contributed by atoms with E-state index in [0.29, 0.717) is 17.3 Å². The second-order valence-corrected chi connectivity index (χ2v) is 4.38. The molecule has 18 heavy (non-hydrogen) atoms. The molecule has 1 aromatic carbocycles. The van der Waals surface area contributed by atoms with Crippen molar-refractivity contribution in [2.24, 2.45) is 5.92 Å². The number of methoxy groups -OCH3 is 1. The molecule has 5 nitrogen and oxygen atoms in total. The minimum Gasteiger partial charge on any atom is -0.507 e. The maximum Gasteiger partial charge on any atom is 0.261 e. The standard InChI is InChI=1S/C13H16N2O3/c1-8(2)11(17-3)12-14-13(18-15-12)9-6-4-5-7-10(9)16/h4-8,11,16H,1-3H3. The first-order valence-corrected chi connectivity index (χ1v) is 5.78. The first-order valence-electron chi connectivity index (χ1n) is 5.78. The lowest BCUT2D eigenvalue weighted by atomic mass is 10.1. The third kappa shape index (κ3) is 2.36. The molecule has 0 saturated carbocycles. The van der Waals surface area contributed by atoms with Crippen LogP contribution in [-0.4, -0.2) is 22.4 Å². The van der Waals surface area contributed by atoms with Gasteiger partial charge in [-0.25, -0.2) is 0 Å².